The van der Waals surface area contributed by atoms with Crippen LogP contribution < -0.4 is 5.73 Å². The Labute approximate surface area is 154 Å². The number of aromatic nitrogens is 2. The third-order valence-corrected chi connectivity index (χ3v) is 5.18. The van der Waals surface area contributed by atoms with Gasteiger partial charge in [0.1, 0.15) is 12.4 Å². The van der Waals surface area contributed by atoms with Gasteiger partial charge < -0.3 is 15.2 Å². The van der Waals surface area contributed by atoms with Gasteiger partial charge in [0.2, 0.25) is 11.8 Å². The molecule has 6 heteroatoms. The molecule has 138 valence electrons. The summed E-state index contributed by atoms with van der Waals surface area (Å²) in [6.45, 7) is 5.44. The van der Waals surface area contributed by atoms with Gasteiger partial charge in [-0.2, -0.15) is 0 Å². The highest BCUT2D eigenvalue weighted by atomic mass is 16.2. The SMILES string of the molecule is CC(C)(C(=O)N1CCCC(c2nccn2CC(N)=O)C1)c1ccccc1. The minimum absolute atomic E-state index is 0.119. The molecule has 6 nitrogen and oxygen atoms in total. The molecule has 1 aromatic heterocycles. The van der Waals surface area contributed by atoms with Gasteiger partial charge in [-0.1, -0.05) is 30.3 Å². The van der Waals surface area contributed by atoms with Gasteiger partial charge in [0.15, 0.2) is 0 Å². The number of rotatable bonds is 5. The third kappa shape index (κ3) is 3.64. The van der Waals surface area contributed by atoms with E-state index in [1.54, 1.807) is 17.0 Å². The Bertz CT molecular complexity index is 782. The maximum Gasteiger partial charge on any atom is 0.237 e. The van der Waals surface area contributed by atoms with Crippen molar-refractivity contribution in [1.82, 2.24) is 14.5 Å². The summed E-state index contributed by atoms with van der Waals surface area (Å²) < 4.78 is 1.79. The van der Waals surface area contributed by atoms with Crippen molar-refractivity contribution in [3.63, 3.8) is 0 Å². The number of benzene rings is 1. The Morgan fingerprint density at radius 3 is 2.69 bits per heavy atom. The molecular formula is C20H26N4O2. The highest BCUT2D eigenvalue weighted by Crippen LogP contribution is 2.31. The van der Waals surface area contributed by atoms with Crippen LogP contribution >= 0.6 is 0 Å². The zero-order chi connectivity index (χ0) is 18.7. The number of piperidine rings is 1. The minimum atomic E-state index is -0.578. The second-order valence-corrected chi connectivity index (χ2v) is 7.46. The number of nitrogens with zero attached hydrogens (tertiary/aromatic N) is 3. The van der Waals surface area contributed by atoms with Crippen molar-refractivity contribution in [2.75, 3.05) is 13.1 Å². The van der Waals surface area contributed by atoms with Crippen molar-refractivity contribution in [1.29, 1.82) is 0 Å². The summed E-state index contributed by atoms with van der Waals surface area (Å²) in [6.07, 6.45) is 5.33. The number of nitrogens with two attached hydrogens (primary N) is 1. The Morgan fingerprint density at radius 2 is 2.00 bits per heavy atom. The first kappa shape index (κ1) is 18.2. The lowest BCUT2D eigenvalue weighted by atomic mass is 9.82. The maximum atomic E-state index is 13.2. The molecule has 2 heterocycles. The van der Waals surface area contributed by atoms with Crippen LogP contribution in [0, 0.1) is 0 Å². The number of carbonyl (C=O) groups excluding carboxylic acids is 2. The Morgan fingerprint density at radius 1 is 1.27 bits per heavy atom. The van der Waals surface area contributed by atoms with Gasteiger partial charge >= 0.3 is 0 Å². The monoisotopic (exact) mass is 354 g/mol. The maximum absolute atomic E-state index is 13.2. The van der Waals surface area contributed by atoms with Gasteiger partial charge in [-0.3, -0.25) is 9.59 Å². The topological polar surface area (TPSA) is 81.2 Å². The molecule has 0 spiro atoms. The van der Waals surface area contributed by atoms with E-state index in [2.05, 4.69) is 4.98 Å². The molecule has 0 radical (unpaired) electrons. The number of amides is 2. The highest BCUT2D eigenvalue weighted by Gasteiger charge is 2.36. The van der Waals surface area contributed by atoms with E-state index in [9.17, 15) is 9.59 Å². The average molecular weight is 354 g/mol. The molecule has 1 unspecified atom stereocenters. The van der Waals surface area contributed by atoms with E-state index in [0.717, 1.165) is 30.8 Å². The van der Waals surface area contributed by atoms with Crippen LogP contribution in [0.4, 0.5) is 0 Å². The molecule has 2 aromatic rings. The van der Waals surface area contributed by atoms with Gasteiger partial charge in [-0.25, -0.2) is 4.98 Å². The summed E-state index contributed by atoms with van der Waals surface area (Å²) in [5.41, 5.74) is 5.77. The predicted molar refractivity (Wildman–Crippen MR) is 99.4 cm³/mol. The van der Waals surface area contributed by atoms with E-state index >= 15 is 0 Å². The number of primary amides is 1. The first-order valence-corrected chi connectivity index (χ1v) is 9.04. The molecule has 0 bridgehead atoms. The molecule has 1 aliphatic rings. The summed E-state index contributed by atoms with van der Waals surface area (Å²) in [7, 11) is 0. The Balaban J connectivity index is 1.77. The van der Waals surface area contributed by atoms with Gasteiger partial charge in [0.25, 0.3) is 0 Å². The summed E-state index contributed by atoms with van der Waals surface area (Å²) >= 11 is 0. The van der Waals surface area contributed by atoms with Crippen LogP contribution in [0.5, 0.6) is 0 Å². The fraction of sp³-hybridized carbons (Fsp3) is 0.450. The molecule has 1 aliphatic heterocycles. The normalized spacial score (nSPS) is 17.9. The van der Waals surface area contributed by atoms with Crippen molar-refractivity contribution >= 4 is 11.8 Å². The molecule has 3 rings (SSSR count). The van der Waals surface area contributed by atoms with Crippen molar-refractivity contribution in [3.05, 3.63) is 54.1 Å². The second-order valence-electron chi connectivity index (χ2n) is 7.46. The Kier molecular flexibility index (Phi) is 5.11. The van der Waals surface area contributed by atoms with E-state index in [0.29, 0.717) is 6.54 Å². The number of hydrogen-bond acceptors (Lipinski definition) is 3. The first-order valence-electron chi connectivity index (χ1n) is 9.04. The number of carbonyl (C=O) groups is 2. The van der Waals surface area contributed by atoms with Crippen LogP contribution in [0.3, 0.4) is 0 Å². The van der Waals surface area contributed by atoms with Crippen molar-refractivity contribution < 1.29 is 9.59 Å². The zero-order valence-corrected chi connectivity index (χ0v) is 15.4. The van der Waals surface area contributed by atoms with E-state index in [1.807, 2.05) is 49.1 Å². The molecule has 2 N–H and O–H groups in total. The van der Waals surface area contributed by atoms with E-state index in [4.69, 9.17) is 5.73 Å². The van der Waals surface area contributed by atoms with Crippen LogP contribution in [-0.2, 0) is 21.5 Å². The Hall–Kier alpha value is -2.63. The van der Waals surface area contributed by atoms with Crippen LogP contribution in [0.1, 0.15) is 44.0 Å². The second kappa shape index (κ2) is 7.32. The van der Waals surface area contributed by atoms with E-state index < -0.39 is 11.3 Å². The van der Waals surface area contributed by atoms with Crippen LogP contribution in [0.15, 0.2) is 42.7 Å². The van der Waals surface area contributed by atoms with Gasteiger partial charge in [-0.15, -0.1) is 0 Å². The summed E-state index contributed by atoms with van der Waals surface area (Å²) in [4.78, 5) is 30.9. The highest BCUT2D eigenvalue weighted by molar-refractivity contribution is 5.87. The minimum Gasteiger partial charge on any atom is -0.368 e. The molecule has 1 aromatic carbocycles. The average Bonchev–Trinajstić information content (AvgIpc) is 3.09. The molecule has 2 amide bonds. The summed E-state index contributed by atoms with van der Waals surface area (Å²) in [6, 6.07) is 9.88. The number of hydrogen-bond donors (Lipinski definition) is 1. The molecule has 0 saturated carbocycles. The van der Waals surface area contributed by atoms with E-state index in [1.165, 1.54) is 0 Å². The van der Waals surface area contributed by atoms with Crippen molar-refractivity contribution in [3.8, 4) is 0 Å². The summed E-state index contributed by atoms with van der Waals surface area (Å²) in [5, 5.41) is 0. The first-order chi connectivity index (χ1) is 12.4. The number of imidazole rings is 1. The third-order valence-electron chi connectivity index (χ3n) is 5.18. The lowest BCUT2D eigenvalue weighted by Gasteiger charge is -2.37. The quantitative estimate of drug-likeness (QED) is 0.892. The fourth-order valence-corrected chi connectivity index (χ4v) is 3.73. The largest absolute Gasteiger partial charge is 0.368 e. The van der Waals surface area contributed by atoms with Crippen molar-refractivity contribution in [2.45, 2.75) is 44.6 Å². The molecule has 1 saturated heterocycles. The lowest BCUT2D eigenvalue weighted by molar-refractivity contribution is -0.137. The van der Waals surface area contributed by atoms with Crippen LogP contribution in [0.2, 0.25) is 0 Å². The van der Waals surface area contributed by atoms with Crippen LogP contribution in [0.25, 0.3) is 0 Å². The standard InChI is InChI=1S/C20H26N4O2/c1-20(2,16-8-4-3-5-9-16)19(26)24-11-6-7-15(13-24)18-22-10-12-23(18)14-17(21)25/h3-5,8-10,12,15H,6-7,11,13-14H2,1-2H3,(H2,21,25). The van der Waals surface area contributed by atoms with Crippen molar-refractivity contribution in [2.24, 2.45) is 5.73 Å². The lowest BCUT2D eigenvalue weighted by Crippen LogP contribution is -2.47. The summed E-state index contributed by atoms with van der Waals surface area (Å²) in [5.74, 6) is 0.687. The van der Waals surface area contributed by atoms with Gasteiger partial charge in [0, 0.05) is 31.4 Å². The molecular weight excluding hydrogens is 328 g/mol. The molecule has 0 aliphatic carbocycles. The van der Waals surface area contributed by atoms with Crippen LogP contribution in [-0.4, -0.2) is 39.4 Å². The zero-order valence-electron chi connectivity index (χ0n) is 15.4. The van der Waals surface area contributed by atoms with E-state index in [-0.39, 0.29) is 18.4 Å². The fourth-order valence-electron chi connectivity index (χ4n) is 3.73. The smallest absolute Gasteiger partial charge is 0.237 e. The molecule has 26 heavy (non-hydrogen) atoms. The number of likely N-dealkylation sites (tertiary alicyclic amines) is 1. The molecule has 1 fully saturated rings. The predicted octanol–water partition coefficient (Wildman–Crippen LogP) is 2.05. The molecule has 1 atom stereocenters. The van der Waals surface area contributed by atoms with Gasteiger partial charge in [0.05, 0.1) is 5.41 Å². The van der Waals surface area contributed by atoms with Gasteiger partial charge in [-0.05, 0) is 32.3 Å².